The highest BCUT2D eigenvalue weighted by molar-refractivity contribution is 5.74. The molecule has 104 valence electrons. The number of carbonyl (C=O) groups is 1. The van der Waals surface area contributed by atoms with Crippen molar-refractivity contribution < 1.29 is 9.53 Å². The number of rotatable bonds is 5. The average molecular weight is 265 g/mol. The third-order valence-corrected chi connectivity index (χ3v) is 3.06. The molecular weight excluding hydrogens is 246 g/mol. The van der Waals surface area contributed by atoms with Gasteiger partial charge >= 0.3 is 0 Å². The van der Waals surface area contributed by atoms with Gasteiger partial charge in [-0.2, -0.15) is 0 Å². The fraction of sp³-hybridized carbons (Fsp3) is 0.583. The number of primary amides is 1. The van der Waals surface area contributed by atoms with E-state index in [1.807, 2.05) is 18.0 Å². The number of anilines is 2. The number of ether oxygens (including phenoxy) is 1. The number of hydrogen-bond acceptors (Lipinski definition) is 6. The standard InChI is InChI=1S/C12H19N5O2/c1-16(3-2-10(13)18)11-8-12(15-9-14-11)17-4-6-19-7-5-17/h8-9H,2-7H2,1H3,(H2,13,18). The van der Waals surface area contributed by atoms with E-state index in [0.717, 1.165) is 37.9 Å². The monoisotopic (exact) mass is 265 g/mol. The molecule has 0 unspecified atom stereocenters. The van der Waals surface area contributed by atoms with Gasteiger partial charge in [-0.1, -0.05) is 0 Å². The van der Waals surface area contributed by atoms with E-state index in [9.17, 15) is 4.79 Å². The molecule has 1 aliphatic rings. The summed E-state index contributed by atoms with van der Waals surface area (Å²) in [5.74, 6) is 1.37. The summed E-state index contributed by atoms with van der Waals surface area (Å²) in [6, 6.07) is 1.92. The van der Waals surface area contributed by atoms with Crippen LogP contribution in [0.4, 0.5) is 11.6 Å². The topological polar surface area (TPSA) is 84.6 Å². The van der Waals surface area contributed by atoms with Crippen molar-refractivity contribution in [2.24, 2.45) is 5.73 Å². The van der Waals surface area contributed by atoms with E-state index >= 15 is 0 Å². The van der Waals surface area contributed by atoms with Gasteiger partial charge in [0.15, 0.2) is 0 Å². The molecule has 0 bridgehead atoms. The first-order chi connectivity index (χ1) is 9.16. The second kappa shape index (κ2) is 6.33. The minimum absolute atomic E-state index is 0.311. The van der Waals surface area contributed by atoms with Crippen molar-refractivity contribution in [3.63, 3.8) is 0 Å². The lowest BCUT2D eigenvalue weighted by Gasteiger charge is -2.28. The highest BCUT2D eigenvalue weighted by atomic mass is 16.5. The smallest absolute Gasteiger partial charge is 0.219 e. The van der Waals surface area contributed by atoms with Crippen molar-refractivity contribution in [1.29, 1.82) is 0 Å². The lowest BCUT2D eigenvalue weighted by atomic mass is 10.3. The highest BCUT2D eigenvalue weighted by Gasteiger charge is 2.14. The lowest BCUT2D eigenvalue weighted by molar-refractivity contribution is -0.117. The Balaban J connectivity index is 2.03. The summed E-state index contributed by atoms with van der Waals surface area (Å²) in [6.07, 6.45) is 1.86. The number of nitrogens with two attached hydrogens (primary N) is 1. The quantitative estimate of drug-likeness (QED) is 0.781. The molecule has 0 saturated carbocycles. The van der Waals surface area contributed by atoms with Crippen LogP contribution < -0.4 is 15.5 Å². The molecule has 1 aromatic rings. The van der Waals surface area contributed by atoms with E-state index in [-0.39, 0.29) is 5.91 Å². The normalized spacial score (nSPS) is 15.3. The number of amides is 1. The predicted molar refractivity (Wildman–Crippen MR) is 72.1 cm³/mol. The van der Waals surface area contributed by atoms with Gasteiger partial charge in [0, 0.05) is 39.2 Å². The Bertz CT molecular complexity index is 434. The van der Waals surface area contributed by atoms with E-state index in [2.05, 4.69) is 14.9 Å². The Labute approximate surface area is 112 Å². The van der Waals surface area contributed by atoms with Crippen molar-refractivity contribution in [2.45, 2.75) is 6.42 Å². The summed E-state index contributed by atoms with van der Waals surface area (Å²) in [6.45, 7) is 3.66. The Kier molecular flexibility index (Phi) is 4.51. The van der Waals surface area contributed by atoms with Crippen molar-refractivity contribution in [3.8, 4) is 0 Å². The molecular formula is C12H19N5O2. The summed E-state index contributed by atoms with van der Waals surface area (Å²) < 4.78 is 5.32. The molecule has 1 aliphatic heterocycles. The summed E-state index contributed by atoms with van der Waals surface area (Å²) in [5, 5.41) is 0. The van der Waals surface area contributed by atoms with Gasteiger partial charge in [-0.25, -0.2) is 9.97 Å². The van der Waals surface area contributed by atoms with Crippen LogP contribution in [-0.4, -0.2) is 55.8 Å². The third kappa shape index (κ3) is 3.78. The molecule has 0 aliphatic carbocycles. The van der Waals surface area contributed by atoms with Crippen molar-refractivity contribution in [3.05, 3.63) is 12.4 Å². The Hall–Kier alpha value is -1.89. The zero-order valence-corrected chi connectivity index (χ0v) is 11.1. The van der Waals surface area contributed by atoms with Crippen LogP contribution in [0.15, 0.2) is 12.4 Å². The molecule has 7 heteroatoms. The molecule has 1 aromatic heterocycles. The Morgan fingerprint density at radius 3 is 2.89 bits per heavy atom. The number of hydrogen-bond donors (Lipinski definition) is 1. The minimum Gasteiger partial charge on any atom is -0.378 e. The van der Waals surface area contributed by atoms with Gasteiger partial charge in [-0.3, -0.25) is 4.79 Å². The maximum absolute atomic E-state index is 10.8. The molecule has 1 amide bonds. The van der Waals surface area contributed by atoms with E-state index in [1.165, 1.54) is 0 Å². The number of morpholine rings is 1. The zero-order valence-electron chi connectivity index (χ0n) is 11.1. The van der Waals surface area contributed by atoms with Crippen LogP contribution in [0.5, 0.6) is 0 Å². The second-order valence-electron chi connectivity index (χ2n) is 4.47. The van der Waals surface area contributed by atoms with Gasteiger partial charge in [0.2, 0.25) is 5.91 Å². The van der Waals surface area contributed by atoms with E-state index in [0.29, 0.717) is 13.0 Å². The van der Waals surface area contributed by atoms with Crippen LogP contribution in [0.2, 0.25) is 0 Å². The van der Waals surface area contributed by atoms with Gasteiger partial charge in [-0.15, -0.1) is 0 Å². The fourth-order valence-corrected chi connectivity index (χ4v) is 1.90. The molecule has 19 heavy (non-hydrogen) atoms. The van der Waals surface area contributed by atoms with Crippen molar-refractivity contribution in [1.82, 2.24) is 9.97 Å². The number of aromatic nitrogens is 2. The van der Waals surface area contributed by atoms with Crippen LogP contribution in [0.25, 0.3) is 0 Å². The molecule has 0 spiro atoms. The summed E-state index contributed by atoms with van der Waals surface area (Å²) in [5.41, 5.74) is 5.15. The van der Waals surface area contributed by atoms with Gasteiger partial charge < -0.3 is 20.3 Å². The number of carbonyl (C=O) groups excluding carboxylic acids is 1. The first-order valence-corrected chi connectivity index (χ1v) is 6.31. The molecule has 0 radical (unpaired) electrons. The van der Waals surface area contributed by atoms with Gasteiger partial charge in [-0.05, 0) is 0 Å². The average Bonchev–Trinajstić information content (AvgIpc) is 2.46. The Morgan fingerprint density at radius 1 is 1.47 bits per heavy atom. The van der Waals surface area contributed by atoms with Crippen molar-refractivity contribution in [2.75, 3.05) is 49.7 Å². The molecule has 2 rings (SSSR count). The molecule has 2 N–H and O–H groups in total. The minimum atomic E-state index is -0.311. The first kappa shape index (κ1) is 13.5. The summed E-state index contributed by atoms with van der Waals surface area (Å²) >= 11 is 0. The van der Waals surface area contributed by atoms with Crippen LogP contribution in [0.1, 0.15) is 6.42 Å². The fourth-order valence-electron chi connectivity index (χ4n) is 1.90. The zero-order chi connectivity index (χ0) is 13.7. The van der Waals surface area contributed by atoms with Crippen LogP contribution in [0.3, 0.4) is 0 Å². The van der Waals surface area contributed by atoms with Gasteiger partial charge in [0.25, 0.3) is 0 Å². The van der Waals surface area contributed by atoms with E-state index in [4.69, 9.17) is 10.5 Å². The summed E-state index contributed by atoms with van der Waals surface area (Å²) in [7, 11) is 1.88. The molecule has 0 aromatic carbocycles. The molecule has 2 heterocycles. The Morgan fingerprint density at radius 2 is 2.21 bits per heavy atom. The van der Waals surface area contributed by atoms with E-state index < -0.39 is 0 Å². The lowest BCUT2D eigenvalue weighted by Crippen LogP contribution is -2.37. The van der Waals surface area contributed by atoms with E-state index in [1.54, 1.807) is 6.33 Å². The highest BCUT2D eigenvalue weighted by Crippen LogP contribution is 2.17. The SMILES string of the molecule is CN(CCC(N)=O)c1cc(N2CCOCC2)ncn1. The molecule has 7 nitrogen and oxygen atoms in total. The molecule has 1 saturated heterocycles. The molecule has 1 fully saturated rings. The van der Waals surface area contributed by atoms with Crippen LogP contribution in [-0.2, 0) is 9.53 Å². The summed E-state index contributed by atoms with van der Waals surface area (Å²) in [4.78, 5) is 23.4. The van der Waals surface area contributed by atoms with Gasteiger partial charge in [0.1, 0.15) is 18.0 Å². The van der Waals surface area contributed by atoms with Crippen molar-refractivity contribution >= 4 is 17.5 Å². The largest absolute Gasteiger partial charge is 0.378 e. The number of nitrogens with zero attached hydrogens (tertiary/aromatic N) is 4. The maximum atomic E-state index is 10.8. The first-order valence-electron chi connectivity index (χ1n) is 6.31. The van der Waals surface area contributed by atoms with Crippen LogP contribution >= 0.6 is 0 Å². The maximum Gasteiger partial charge on any atom is 0.219 e. The molecule has 0 atom stereocenters. The van der Waals surface area contributed by atoms with Crippen LogP contribution in [0, 0.1) is 0 Å². The predicted octanol–water partition coefficient (Wildman–Crippen LogP) is -0.375. The second-order valence-corrected chi connectivity index (χ2v) is 4.47. The van der Waals surface area contributed by atoms with Gasteiger partial charge in [0.05, 0.1) is 13.2 Å². The third-order valence-electron chi connectivity index (χ3n) is 3.06.